The van der Waals surface area contributed by atoms with Gasteiger partial charge in [0.25, 0.3) is 0 Å². The first kappa shape index (κ1) is 9.66. The Bertz CT molecular complexity index is 294. The largest absolute Gasteiger partial charge is 0.595 e. The van der Waals surface area contributed by atoms with Crippen LogP contribution >= 0.6 is 0 Å². The second-order valence-electron chi connectivity index (χ2n) is 2.37. The molecule has 0 aliphatic heterocycles. The van der Waals surface area contributed by atoms with Crippen LogP contribution in [0.15, 0.2) is 24.3 Å². The molecule has 0 bridgehead atoms. The average Bonchev–Trinajstić information content (AvgIpc) is 2.17. The van der Waals surface area contributed by atoms with E-state index >= 15 is 0 Å². The van der Waals surface area contributed by atoms with E-state index in [1.165, 1.54) is 31.4 Å². The topological polar surface area (TPSA) is 74.0 Å². The molecule has 0 saturated heterocycles. The average molecular weight is 183 g/mol. The molecule has 1 aromatic carbocycles. The molecule has 0 spiro atoms. The van der Waals surface area contributed by atoms with E-state index in [1.807, 2.05) is 0 Å². The minimum atomic E-state index is -1.02. The van der Waals surface area contributed by atoms with E-state index in [4.69, 9.17) is 5.21 Å². The minimum Gasteiger partial charge on any atom is -0.595 e. The first-order chi connectivity index (χ1) is 6.15. The molecule has 0 heterocycles. The SMILES string of the molecule is COC(=O)c1ccc([NH+]([O-])O)cc1. The molecule has 0 aromatic heterocycles. The summed E-state index contributed by atoms with van der Waals surface area (Å²) in [5.74, 6) is -0.475. The molecule has 0 saturated carbocycles. The van der Waals surface area contributed by atoms with Crippen molar-refractivity contribution >= 4 is 11.7 Å². The Morgan fingerprint density at radius 2 is 2.00 bits per heavy atom. The van der Waals surface area contributed by atoms with Crippen LogP contribution in [-0.2, 0) is 4.74 Å². The molecule has 5 heteroatoms. The molecule has 0 aliphatic rings. The molecule has 1 atom stereocenters. The van der Waals surface area contributed by atoms with Crippen molar-refractivity contribution in [1.29, 1.82) is 0 Å². The number of esters is 1. The van der Waals surface area contributed by atoms with Crippen molar-refractivity contribution in [3.63, 3.8) is 0 Å². The second kappa shape index (κ2) is 3.99. The second-order valence-corrected chi connectivity index (χ2v) is 2.37. The number of benzene rings is 1. The predicted octanol–water partition coefficient (Wildman–Crippen LogP) is -0.123. The maximum absolute atomic E-state index is 10.9. The van der Waals surface area contributed by atoms with E-state index < -0.39 is 11.2 Å². The first-order valence-electron chi connectivity index (χ1n) is 3.57. The van der Waals surface area contributed by atoms with Crippen LogP contribution < -0.4 is 5.23 Å². The quantitative estimate of drug-likeness (QED) is 0.495. The van der Waals surface area contributed by atoms with Crippen LogP contribution in [0.3, 0.4) is 0 Å². The van der Waals surface area contributed by atoms with Crippen molar-refractivity contribution in [1.82, 2.24) is 0 Å². The Labute approximate surface area is 74.7 Å². The molecule has 0 fully saturated rings. The fraction of sp³-hybridized carbons (Fsp3) is 0.125. The van der Waals surface area contributed by atoms with Gasteiger partial charge in [0, 0.05) is 12.1 Å². The van der Waals surface area contributed by atoms with Gasteiger partial charge < -0.3 is 9.94 Å². The highest BCUT2D eigenvalue weighted by atomic mass is 16.8. The molecule has 1 unspecified atom stereocenters. The van der Waals surface area contributed by atoms with Crippen molar-refractivity contribution in [2.24, 2.45) is 0 Å². The lowest BCUT2D eigenvalue weighted by atomic mass is 10.2. The molecule has 70 valence electrons. The van der Waals surface area contributed by atoms with Crippen molar-refractivity contribution in [2.75, 3.05) is 7.11 Å². The van der Waals surface area contributed by atoms with Gasteiger partial charge in [-0.2, -0.15) is 5.23 Å². The van der Waals surface area contributed by atoms with Gasteiger partial charge in [0.05, 0.1) is 12.7 Å². The van der Waals surface area contributed by atoms with Crippen LogP contribution in [0.25, 0.3) is 0 Å². The van der Waals surface area contributed by atoms with Gasteiger partial charge in [0.1, 0.15) is 0 Å². The van der Waals surface area contributed by atoms with E-state index in [0.717, 1.165) is 0 Å². The molecule has 0 radical (unpaired) electrons. The maximum Gasteiger partial charge on any atom is 0.337 e. The summed E-state index contributed by atoms with van der Waals surface area (Å²) >= 11 is 0. The van der Waals surface area contributed by atoms with Gasteiger partial charge in [-0.05, 0) is 12.1 Å². The first-order valence-corrected chi connectivity index (χ1v) is 3.57. The molecule has 13 heavy (non-hydrogen) atoms. The van der Waals surface area contributed by atoms with Gasteiger partial charge in [0.15, 0.2) is 5.69 Å². The van der Waals surface area contributed by atoms with Crippen molar-refractivity contribution in [3.05, 3.63) is 35.0 Å². The van der Waals surface area contributed by atoms with E-state index in [2.05, 4.69) is 4.74 Å². The highest BCUT2D eigenvalue weighted by Crippen LogP contribution is 2.05. The molecule has 1 aromatic rings. The number of hydrogen-bond acceptors (Lipinski definition) is 4. The standard InChI is InChI=1S/C8H9NO4/c1-13-8(10)6-2-4-7(5-3-6)9(11)12/h2-5,9,11H,1H3. The number of quaternary nitrogens is 1. The minimum absolute atomic E-state index is 0.146. The third-order valence-corrected chi connectivity index (χ3v) is 1.55. The summed E-state index contributed by atoms with van der Waals surface area (Å²) in [4.78, 5) is 10.9. The number of rotatable bonds is 2. The lowest BCUT2D eigenvalue weighted by Gasteiger charge is -2.10. The Morgan fingerprint density at radius 3 is 2.38 bits per heavy atom. The van der Waals surface area contributed by atoms with Crippen LogP contribution in [0.1, 0.15) is 10.4 Å². The van der Waals surface area contributed by atoms with Crippen molar-refractivity contribution in [3.8, 4) is 0 Å². The van der Waals surface area contributed by atoms with Gasteiger partial charge in [-0.15, -0.1) is 0 Å². The zero-order valence-corrected chi connectivity index (χ0v) is 6.98. The summed E-state index contributed by atoms with van der Waals surface area (Å²) in [6, 6.07) is 5.54. The third kappa shape index (κ3) is 2.25. The summed E-state index contributed by atoms with van der Waals surface area (Å²) in [5.41, 5.74) is 0.486. The van der Waals surface area contributed by atoms with Crippen molar-refractivity contribution < 1.29 is 20.0 Å². The maximum atomic E-state index is 10.9. The summed E-state index contributed by atoms with van der Waals surface area (Å²) in [5, 5.41) is 18.0. The highest BCUT2D eigenvalue weighted by molar-refractivity contribution is 5.89. The third-order valence-electron chi connectivity index (χ3n) is 1.55. The Balaban J connectivity index is 2.87. The lowest BCUT2D eigenvalue weighted by Crippen LogP contribution is -2.99. The zero-order chi connectivity index (χ0) is 9.84. The van der Waals surface area contributed by atoms with E-state index in [0.29, 0.717) is 5.56 Å². The zero-order valence-electron chi connectivity index (χ0n) is 6.98. The highest BCUT2D eigenvalue weighted by Gasteiger charge is 2.05. The molecule has 1 rings (SSSR count). The summed E-state index contributed by atoms with van der Waals surface area (Å²) in [7, 11) is 1.27. The predicted molar refractivity (Wildman–Crippen MR) is 43.6 cm³/mol. The van der Waals surface area contributed by atoms with E-state index in [1.54, 1.807) is 0 Å². The van der Waals surface area contributed by atoms with Crippen LogP contribution in [-0.4, -0.2) is 18.3 Å². The Morgan fingerprint density at radius 1 is 1.46 bits per heavy atom. The molecular weight excluding hydrogens is 174 g/mol. The number of nitrogens with one attached hydrogen (secondary N) is 1. The van der Waals surface area contributed by atoms with Gasteiger partial charge in [-0.1, -0.05) is 0 Å². The monoisotopic (exact) mass is 183 g/mol. The van der Waals surface area contributed by atoms with Crippen molar-refractivity contribution in [2.45, 2.75) is 0 Å². The molecule has 5 nitrogen and oxygen atoms in total. The van der Waals surface area contributed by atoms with E-state index in [-0.39, 0.29) is 5.69 Å². The molecular formula is C8H9NO4. The summed E-state index contributed by atoms with van der Waals surface area (Å²) < 4.78 is 4.45. The van der Waals surface area contributed by atoms with Crippen LogP contribution in [0.5, 0.6) is 0 Å². The molecule has 0 aliphatic carbocycles. The fourth-order valence-corrected chi connectivity index (χ4v) is 0.867. The van der Waals surface area contributed by atoms with E-state index in [9.17, 15) is 10.0 Å². The van der Waals surface area contributed by atoms with Crippen LogP contribution in [0.4, 0.5) is 5.69 Å². The normalized spacial score (nSPS) is 12.2. The molecule has 0 amide bonds. The number of ether oxygens (including phenoxy) is 1. The number of carbonyl (C=O) groups is 1. The number of carbonyl (C=O) groups excluding carboxylic acids is 1. The van der Waals surface area contributed by atoms with Gasteiger partial charge in [0.2, 0.25) is 0 Å². The van der Waals surface area contributed by atoms with Gasteiger partial charge in [-0.25, -0.2) is 10.0 Å². The molecule has 2 N–H and O–H groups in total. The number of methoxy groups -OCH3 is 1. The van der Waals surface area contributed by atoms with Crippen LogP contribution in [0, 0.1) is 5.21 Å². The summed E-state index contributed by atoms with van der Waals surface area (Å²) in [6.07, 6.45) is 0. The smallest absolute Gasteiger partial charge is 0.337 e. The Hall–Kier alpha value is -1.43. The van der Waals surface area contributed by atoms with Gasteiger partial charge in [-0.3, -0.25) is 0 Å². The summed E-state index contributed by atoms with van der Waals surface area (Å²) in [6.45, 7) is 0. The Kier molecular flexibility index (Phi) is 2.97. The van der Waals surface area contributed by atoms with Gasteiger partial charge >= 0.3 is 5.97 Å². The fourth-order valence-electron chi connectivity index (χ4n) is 0.867. The lowest BCUT2D eigenvalue weighted by molar-refractivity contribution is -0.991. The van der Waals surface area contributed by atoms with Crippen LogP contribution in [0.2, 0.25) is 0 Å². The number of hydrogen-bond donors (Lipinski definition) is 2.